The summed E-state index contributed by atoms with van der Waals surface area (Å²) in [4.78, 5) is 10.9. The molecule has 0 radical (unpaired) electrons. The predicted molar refractivity (Wildman–Crippen MR) is 55.9 cm³/mol. The fraction of sp³-hybridized carbons (Fsp3) is 0.364. The van der Waals surface area contributed by atoms with E-state index in [9.17, 15) is 4.79 Å². The van der Waals surface area contributed by atoms with Crippen molar-refractivity contribution in [1.29, 1.82) is 0 Å². The molecule has 1 N–H and O–H groups in total. The summed E-state index contributed by atoms with van der Waals surface area (Å²) in [5, 5.41) is 9.64. The van der Waals surface area contributed by atoms with Crippen molar-refractivity contribution in [3.05, 3.63) is 34.9 Å². The molecule has 1 aromatic rings. The molecule has 80 valence electrons. The minimum Gasteiger partial charge on any atom is -0.481 e. The van der Waals surface area contributed by atoms with Gasteiger partial charge in [0.15, 0.2) is 0 Å². The summed E-state index contributed by atoms with van der Waals surface area (Å²) in [5.74, 6) is -1.24. The Morgan fingerprint density at radius 2 is 2.07 bits per heavy atom. The number of benzene rings is 1. The van der Waals surface area contributed by atoms with Crippen molar-refractivity contribution in [3.63, 3.8) is 0 Å². The molecule has 0 aliphatic carbocycles. The number of carbonyl (C=O) groups is 1. The number of carboxylic acid groups (broad SMARTS) is 1. The average Bonchev–Trinajstić information content (AvgIpc) is 2.67. The zero-order valence-corrected chi connectivity index (χ0v) is 8.78. The molecule has 0 spiro atoms. The molecule has 2 rings (SSSR count). The maximum atomic E-state index is 10.9. The molecule has 1 heterocycles. The fourth-order valence-electron chi connectivity index (χ4n) is 1.82. The first-order chi connectivity index (χ1) is 7.18. The van der Waals surface area contributed by atoms with Gasteiger partial charge in [0.25, 0.3) is 0 Å². The maximum Gasteiger partial charge on any atom is 0.309 e. The SMILES string of the molecule is O=C(O)[C@H]1CCO[C@H]1c1ccc(Cl)cc1. The van der Waals surface area contributed by atoms with E-state index < -0.39 is 11.9 Å². The van der Waals surface area contributed by atoms with Gasteiger partial charge in [-0.1, -0.05) is 23.7 Å². The monoisotopic (exact) mass is 226 g/mol. The van der Waals surface area contributed by atoms with Gasteiger partial charge in [0, 0.05) is 11.6 Å². The zero-order valence-electron chi connectivity index (χ0n) is 8.02. The van der Waals surface area contributed by atoms with Crippen LogP contribution in [0, 0.1) is 5.92 Å². The zero-order chi connectivity index (χ0) is 10.8. The summed E-state index contributed by atoms with van der Waals surface area (Å²) < 4.78 is 5.43. The van der Waals surface area contributed by atoms with E-state index in [-0.39, 0.29) is 6.10 Å². The molecule has 1 aromatic carbocycles. The molecule has 1 aliphatic heterocycles. The lowest BCUT2D eigenvalue weighted by molar-refractivity contribution is -0.143. The maximum absolute atomic E-state index is 10.9. The Balaban J connectivity index is 2.22. The molecular weight excluding hydrogens is 216 g/mol. The van der Waals surface area contributed by atoms with Gasteiger partial charge in [-0.05, 0) is 24.1 Å². The van der Waals surface area contributed by atoms with Gasteiger partial charge in [0.05, 0.1) is 12.0 Å². The molecule has 0 aromatic heterocycles. The minimum atomic E-state index is -0.799. The summed E-state index contributed by atoms with van der Waals surface area (Å²) in [5.41, 5.74) is 0.879. The van der Waals surface area contributed by atoms with Gasteiger partial charge in [0.1, 0.15) is 0 Å². The third kappa shape index (κ3) is 2.13. The van der Waals surface area contributed by atoms with Crippen LogP contribution in [0.15, 0.2) is 24.3 Å². The highest BCUT2D eigenvalue weighted by molar-refractivity contribution is 6.30. The molecular formula is C11H11ClO3. The van der Waals surface area contributed by atoms with Gasteiger partial charge < -0.3 is 9.84 Å². The van der Waals surface area contributed by atoms with Gasteiger partial charge >= 0.3 is 5.97 Å². The molecule has 2 atom stereocenters. The Kier molecular flexibility index (Phi) is 2.93. The molecule has 0 bridgehead atoms. The predicted octanol–water partition coefficient (Wildman–Crippen LogP) is 2.50. The van der Waals surface area contributed by atoms with Crippen LogP contribution < -0.4 is 0 Å². The van der Waals surface area contributed by atoms with E-state index in [1.54, 1.807) is 12.1 Å². The van der Waals surface area contributed by atoms with Crippen LogP contribution in [0.5, 0.6) is 0 Å². The van der Waals surface area contributed by atoms with E-state index in [0.29, 0.717) is 18.1 Å². The van der Waals surface area contributed by atoms with E-state index in [1.807, 2.05) is 12.1 Å². The van der Waals surface area contributed by atoms with Crippen LogP contribution in [-0.4, -0.2) is 17.7 Å². The van der Waals surface area contributed by atoms with Gasteiger partial charge in [-0.3, -0.25) is 4.79 Å². The van der Waals surface area contributed by atoms with Gasteiger partial charge in [-0.15, -0.1) is 0 Å². The summed E-state index contributed by atoms with van der Waals surface area (Å²) in [6.07, 6.45) is 0.239. The molecule has 0 saturated carbocycles. The number of aliphatic carboxylic acids is 1. The molecule has 1 saturated heterocycles. The second-order valence-corrected chi connectivity index (χ2v) is 4.01. The standard InChI is InChI=1S/C11H11ClO3/c12-8-3-1-7(2-4-8)10-9(11(13)14)5-6-15-10/h1-4,9-10H,5-6H2,(H,13,14)/t9-,10-/m0/s1. The Hall–Kier alpha value is -1.06. The Morgan fingerprint density at radius 1 is 1.40 bits per heavy atom. The highest BCUT2D eigenvalue weighted by Crippen LogP contribution is 2.34. The molecule has 0 unspecified atom stereocenters. The van der Waals surface area contributed by atoms with Crippen LogP contribution in [0.25, 0.3) is 0 Å². The van der Waals surface area contributed by atoms with Crippen LogP contribution in [0.2, 0.25) is 5.02 Å². The average molecular weight is 227 g/mol. The van der Waals surface area contributed by atoms with E-state index in [4.69, 9.17) is 21.4 Å². The van der Waals surface area contributed by atoms with Crippen LogP contribution in [0.1, 0.15) is 18.1 Å². The van der Waals surface area contributed by atoms with Crippen molar-refractivity contribution < 1.29 is 14.6 Å². The molecule has 4 heteroatoms. The summed E-state index contributed by atoms with van der Waals surface area (Å²) >= 11 is 5.76. The number of carboxylic acids is 1. The summed E-state index contributed by atoms with van der Waals surface area (Å²) in [6, 6.07) is 7.12. The number of halogens is 1. The third-order valence-electron chi connectivity index (χ3n) is 2.61. The summed E-state index contributed by atoms with van der Waals surface area (Å²) in [7, 11) is 0. The quantitative estimate of drug-likeness (QED) is 0.843. The Morgan fingerprint density at radius 3 is 2.67 bits per heavy atom. The van der Waals surface area contributed by atoms with Crippen LogP contribution in [-0.2, 0) is 9.53 Å². The topological polar surface area (TPSA) is 46.5 Å². The Labute approximate surface area is 92.6 Å². The van der Waals surface area contributed by atoms with Crippen molar-refractivity contribution in [2.24, 2.45) is 5.92 Å². The summed E-state index contributed by atoms with van der Waals surface area (Å²) in [6.45, 7) is 0.504. The van der Waals surface area contributed by atoms with Crippen molar-refractivity contribution in [2.75, 3.05) is 6.61 Å². The lowest BCUT2D eigenvalue weighted by atomic mass is 9.96. The van der Waals surface area contributed by atoms with Crippen LogP contribution in [0.3, 0.4) is 0 Å². The third-order valence-corrected chi connectivity index (χ3v) is 2.86. The first-order valence-electron chi connectivity index (χ1n) is 4.78. The van der Waals surface area contributed by atoms with Crippen molar-refractivity contribution in [3.8, 4) is 0 Å². The van der Waals surface area contributed by atoms with Crippen molar-refractivity contribution in [2.45, 2.75) is 12.5 Å². The van der Waals surface area contributed by atoms with Gasteiger partial charge in [0.2, 0.25) is 0 Å². The fourth-order valence-corrected chi connectivity index (χ4v) is 1.95. The molecule has 1 fully saturated rings. The number of hydrogen-bond donors (Lipinski definition) is 1. The highest BCUT2D eigenvalue weighted by atomic mass is 35.5. The molecule has 3 nitrogen and oxygen atoms in total. The minimum absolute atomic E-state index is 0.334. The van der Waals surface area contributed by atoms with E-state index >= 15 is 0 Å². The second kappa shape index (κ2) is 4.21. The number of rotatable bonds is 2. The van der Waals surface area contributed by atoms with E-state index in [2.05, 4.69) is 0 Å². The van der Waals surface area contributed by atoms with E-state index in [0.717, 1.165) is 5.56 Å². The lowest BCUT2D eigenvalue weighted by Gasteiger charge is -2.15. The highest BCUT2D eigenvalue weighted by Gasteiger charge is 2.34. The van der Waals surface area contributed by atoms with Crippen LogP contribution in [0.4, 0.5) is 0 Å². The number of ether oxygens (including phenoxy) is 1. The Bertz CT molecular complexity index is 361. The first-order valence-corrected chi connectivity index (χ1v) is 5.16. The lowest BCUT2D eigenvalue weighted by Crippen LogP contribution is -2.17. The largest absolute Gasteiger partial charge is 0.481 e. The molecule has 1 aliphatic rings. The smallest absolute Gasteiger partial charge is 0.309 e. The van der Waals surface area contributed by atoms with Crippen LogP contribution >= 0.6 is 11.6 Å². The number of hydrogen-bond acceptors (Lipinski definition) is 2. The normalized spacial score (nSPS) is 25.4. The van der Waals surface area contributed by atoms with Gasteiger partial charge in [-0.25, -0.2) is 0 Å². The van der Waals surface area contributed by atoms with Crippen molar-refractivity contribution in [1.82, 2.24) is 0 Å². The van der Waals surface area contributed by atoms with Gasteiger partial charge in [-0.2, -0.15) is 0 Å². The molecule has 0 amide bonds. The molecule has 15 heavy (non-hydrogen) atoms. The second-order valence-electron chi connectivity index (χ2n) is 3.58. The van der Waals surface area contributed by atoms with E-state index in [1.165, 1.54) is 0 Å². The van der Waals surface area contributed by atoms with Crippen molar-refractivity contribution >= 4 is 17.6 Å². The first kappa shape index (κ1) is 10.5.